The van der Waals surface area contributed by atoms with Gasteiger partial charge in [-0.1, -0.05) is 0 Å². The van der Waals surface area contributed by atoms with Crippen molar-refractivity contribution < 1.29 is 28.3 Å². The van der Waals surface area contributed by atoms with E-state index in [0.29, 0.717) is 23.5 Å². The number of fused-ring (bicyclic) bond motifs is 1. The molecule has 3 rings (SSSR count). The minimum Gasteiger partial charge on any atom is -0.494 e. The number of furan rings is 1. The lowest BCUT2D eigenvalue weighted by Gasteiger charge is -2.16. The van der Waals surface area contributed by atoms with Gasteiger partial charge in [0, 0.05) is 24.0 Å². The molecule has 0 spiro atoms. The second-order valence-electron chi connectivity index (χ2n) is 6.81. The normalized spacial score (nSPS) is 13.2. The number of ether oxygens (including phenoxy) is 2. The number of carbonyl (C=O) groups is 3. The molecule has 0 radical (unpaired) electrons. The van der Waals surface area contributed by atoms with Crippen LogP contribution in [0, 0.1) is 6.92 Å². The van der Waals surface area contributed by atoms with Gasteiger partial charge in [-0.25, -0.2) is 4.79 Å². The van der Waals surface area contributed by atoms with E-state index in [4.69, 9.17) is 13.9 Å². The molecule has 150 valence electrons. The Morgan fingerprint density at radius 3 is 2.71 bits per heavy atom. The van der Waals surface area contributed by atoms with Crippen LogP contribution in [-0.4, -0.2) is 55.5 Å². The average Bonchev–Trinajstić information content (AvgIpc) is 3.41. The lowest BCUT2D eigenvalue weighted by molar-refractivity contribution is -0.137. The number of hydrogen-bond acceptors (Lipinski definition) is 6. The van der Waals surface area contributed by atoms with Gasteiger partial charge in [0.15, 0.2) is 6.61 Å². The topological polar surface area (TPSA) is 98.1 Å². The monoisotopic (exact) mass is 388 g/mol. The molecule has 8 heteroatoms. The van der Waals surface area contributed by atoms with E-state index in [2.05, 4.69) is 5.32 Å². The zero-order valence-electron chi connectivity index (χ0n) is 16.2. The summed E-state index contributed by atoms with van der Waals surface area (Å²) in [6.07, 6.45) is 1.95. The number of nitrogens with zero attached hydrogens (tertiary/aromatic N) is 1. The van der Waals surface area contributed by atoms with Crippen LogP contribution < -0.4 is 10.1 Å². The number of nitrogens with one attached hydrogen (secondary N) is 1. The summed E-state index contributed by atoms with van der Waals surface area (Å²) < 4.78 is 16.1. The number of hydrogen-bond donors (Lipinski definition) is 1. The zero-order chi connectivity index (χ0) is 20.3. The number of likely N-dealkylation sites (N-methyl/N-ethyl adjacent to an activating group) is 1. The molecule has 1 aromatic heterocycles. The summed E-state index contributed by atoms with van der Waals surface area (Å²) in [6, 6.07) is 5.51. The number of esters is 1. The fraction of sp³-hybridized carbons (Fsp3) is 0.450. The van der Waals surface area contributed by atoms with Crippen molar-refractivity contribution >= 4 is 28.8 Å². The molecule has 0 unspecified atom stereocenters. The average molecular weight is 388 g/mol. The van der Waals surface area contributed by atoms with Gasteiger partial charge in [-0.2, -0.15) is 0 Å². The Morgan fingerprint density at radius 2 is 2.04 bits per heavy atom. The van der Waals surface area contributed by atoms with Gasteiger partial charge in [-0.05, 0) is 44.9 Å². The molecule has 1 aromatic carbocycles. The number of amides is 2. The number of carbonyl (C=O) groups excluding carboxylic acids is 3. The minimum absolute atomic E-state index is 0.0468. The number of rotatable bonds is 8. The summed E-state index contributed by atoms with van der Waals surface area (Å²) in [5, 5.41) is 3.55. The molecule has 2 aromatic rings. The number of aryl methyl sites for hydroxylation is 1. The lowest BCUT2D eigenvalue weighted by Crippen LogP contribution is -2.40. The molecule has 1 aliphatic carbocycles. The minimum atomic E-state index is -0.726. The third-order valence-corrected chi connectivity index (χ3v) is 4.48. The quantitative estimate of drug-likeness (QED) is 0.695. The van der Waals surface area contributed by atoms with Crippen molar-refractivity contribution in [1.82, 2.24) is 10.2 Å². The highest BCUT2D eigenvalue weighted by Gasteiger charge is 2.25. The van der Waals surface area contributed by atoms with Gasteiger partial charge in [-0.3, -0.25) is 9.59 Å². The van der Waals surface area contributed by atoms with Crippen LogP contribution in [0.3, 0.4) is 0 Å². The Morgan fingerprint density at radius 1 is 1.29 bits per heavy atom. The SMILES string of the molecule is CCOc1ccc2oc(C(=O)OCC(=O)N(C)CC(=O)NC3CC3)c(C)c2c1. The molecule has 8 nitrogen and oxygen atoms in total. The molecule has 2 amide bonds. The summed E-state index contributed by atoms with van der Waals surface area (Å²) in [6.45, 7) is 3.63. The van der Waals surface area contributed by atoms with E-state index in [1.165, 1.54) is 11.9 Å². The van der Waals surface area contributed by atoms with E-state index >= 15 is 0 Å². The second kappa shape index (κ2) is 8.33. The molecule has 1 fully saturated rings. The van der Waals surface area contributed by atoms with Crippen molar-refractivity contribution in [2.24, 2.45) is 0 Å². The molecule has 28 heavy (non-hydrogen) atoms. The Balaban J connectivity index is 1.58. The van der Waals surface area contributed by atoms with E-state index in [1.807, 2.05) is 6.92 Å². The Kier molecular flexibility index (Phi) is 5.87. The maximum atomic E-state index is 12.4. The van der Waals surface area contributed by atoms with Gasteiger partial charge in [0.2, 0.25) is 11.7 Å². The van der Waals surface area contributed by atoms with E-state index in [0.717, 1.165) is 18.2 Å². The smallest absolute Gasteiger partial charge is 0.375 e. The molecule has 1 heterocycles. The van der Waals surface area contributed by atoms with Gasteiger partial charge in [-0.15, -0.1) is 0 Å². The molecular weight excluding hydrogens is 364 g/mol. The maximum absolute atomic E-state index is 12.4. The van der Waals surface area contributed by atoms with Gasteiger partial charge >= 0.3 is 5.97 Å². The Hall–Kier alpha value is -3.03. The van der Waals surface area contributed by atoms with Crippen LogP contribution in [-0.2, 0) is 14.3 Å². The fourth-order valence-corrected chi connectivity index (χ4v) is 2.76. The van der Waals surface area contributed by atoms with Crippen molar-refractivity contribution in [3.63, 3.8) is 0 Å². The standard InChI is InChI=1S/C20H24N2O6/c1-4-26-14-7-8-16-15(9-14)12(2)19(28-16)20(25)27-11-18(24)22(3)10-17(23)21-13-5-6-13/h7-9,13H,4-6,10-11H2,1-3H3,(H,21,23). The molecule has 1 aliphatic rings. The van der Waals surface area contributed by atoms with Crippen LogP contribution in [0.1, 0.15) is 35.9 Å². The highest BCUT2D eigenvalue weighted by molar-refractivity contribution is 5.97. The molecular formula is C20H24N2O6. The van der Waals surface area contributed by atoms with Crippen LogP contribution >= 0.6 is 0 Å². The first kappa shape index (κ1) is 19.7. The van der Waals surface area contributed by atoms with E-state index in [1.54, 1.807) is 25.1 Å². The summed E-state index contributed by atoms with van der Waals surface area (Å²) in [5.74, 6) is -0.684. The van der Waals surface area contributed by atoms with Crippen LogP contribution in [0.25, 0.3) is 11.0 Å². The van der Waals surface area contributed by atoms with Crippen LogP contribution in [0.5, 0.6) is 5.75 Å². The Labute approximate surface area is 162 Å². The van der Waals surface area contributed by atoms with Crippen LogP contribution in [0.15, 0.2) is 22.6 Å². The molecule has 0 atom stereocenters. The van der Waals surface area contributed by atoms with Crippen LogP contribution in [0.4, 0.5) is 0 Å². The zero-order valence-corrected chi connectivity index (χ0v) is 16.2. The highest BCUT2D eigenvalue weighted by Crippen LogP contribution is 2.29. The first-order valence-electron chi connectivity index (χ1n) is 9.25. The van der Waals surface area contributed by atoms with Crippen molar-refractivity contribution in [3.8, 4) is 5.75 Å². The first-order valence-corrected chi connectivity index (χ1v) is 9.25. The van der Waals surface area contributed by atoms with Gasteiger partial charge in [0.1, 0.15) is 11.3 Å². The second-order valence-corrected chi connectivity index (χ2v) is 6.81. The molecule has 0 aliphatic heterocycles. The van der Waals surface area contributed by atoms with E-state index in [9.17, 15) is 14.4 Å². The fourth-order valence-electron chi connectivity index (χ4n) is 2.76. The molecule has 1 N–H and O–H groups in total. The highest BCUT2D eigenvalue weighted by atomic mass is 16.5. The first-order chi connectivity index (χ1) is 13.4. The molecule has 1 saturated carbocycles. The van der Waals surface area contributed by atoms with Gasteiger partial charge in [0.25, 0.3) is 5.91 Å². The van der Waals surface area contributed by atoms with Gasteiger partial charge < -0.3 is 24.1 Å². The van der Waals surface area contributed by atoms with Crippen molar-refractivity contribution in [2.75, 3.05) is 26.8 Å². The predicted molar refractivity (Wildman–Crippen MR) is 101 cm³/mol. The summed E-state index contributed by atoms with van der Waals surface area (Å²) in [7, 11) is 1.49. The van der Waals surface area contributed by atoms with Gasteiger partial charge in [0.05, 0.1) is 13.2 Å². The van der Waals surface area contributed by atoms with Crippen molar-refractivity contribution in [2.45, 2.75) is 32.7 Å². The van der Waals surface area contributed by atoms with Crippen molar-refractivity contribution in [3.05, 3.63) is 29.5 Å². The number of benzene rings is 1. The van der Waals surface area contributed by atoms with E-state index in [-0.39, 0.29) is 24.3 Å². The molecule has 0 saturated heterocycles. The summed E-state index contributed by atoms with van der Waals surface area (Å²) in [5.41, 5.74) is 1.15. The lowest BCUT2D eigenvalue weighted by atomic mass is 10.1. The third kappa shape index (κ3) is 4.62. The Bertz CT molecular complexity index is 899. The maximum Gasteiger partial charge on any atom is 0.375 e. The molecule has 0 bridgehead atoms. The van der Waals surface area contributed by atoms with Crippen LogP contribution in [0.2, 0.25) is 0 Å². The summed E-state index contributed by atoms with van der Waals surface area (Å²) in [4.78, 5) is 37.4. The van der Waals surface area contributed by atoms with Crippen molar-refractivity contribution in [1.29, 1.82) is 0 Å². The summed E-state index contributed by atoms with van der Waals surface area (Å²) >= 11 is 0. The third-order valence-electron chi connectivity index (χ3n) is 4.48. The van der Waals surface area contributed by atoms with E-state index < -0.39 is 18.5 Å². The largest absolute Gasteiger partial charge is 0.494 e. The predicted octanol–water partition coefficient (Wildman–Crippen LogP) is 2.03.